The van der Waals surface area contributed by atoms with E-state index in [-0.39, 0.29) is 0 Å². The lowest BCUT2D eigenvalue weighted by Crippen LogP contribution is -2.10. The van der Waals surface area contributed by atoms with Gasteiger partial charge in [-0.05, 0) is 142 Å². The van der Waals surface area contributed by atoms with Gasteiger partial charge >= 0.3 is 0 Å². The summed E-state index contributed by atoms with van der Waals surface area (Å²) in [6.45, 7) is 8.19. The minimum absolute atomic E-state index is 0.631. The van der Waals surface area contributed by atoms with E-state index in [9.17, 15) is 0 Å². The topological polar surface area (TPSA) is 41.5 Å². The molecule has 0 aliphatic heterocycles. The number of benzene rings is 11. The maximum atomic E-state index is 8.19. The Balaban J connectivity index is 0.950. The Morgan fingerprint density at radius 1 is 0.348 bits per heavy atom. The van der Waals surface area contributed by atoms with Gasteiger partial charge in [-0.25, -0.2) is 4.85 Å². The Bertz CT molecular complexity index is 4350. The molecule has 0 aliphatic rings. The number of para-hydroxylation sites is 6. The van der Waals surface area contributed by atoms with Crippen molar-refractivity contribution >= 4 is 143 Å². The highest BCUT2D eigenvalue weighted by atomic mass is 16.3. The fourth-order valence-corrected chi connectivity index (χ4v) is 11.2. The van der Waals surface area contributed by atoms with E-state index < -0.39 is 0 Å². The smallest absolute Gasteiger partial charge is 0.188 e. The monoisotopic (exact) mass is 880 g/mol. The second-order valence-corrected chi connectivity index (χ2v) is 18.0. The Morgan fingerprint density at radius 2 is 0.797 bits per heavy atom. The normalized spacial score (nSPS) is 12.0. The average molecular weight is 881 g/mol. The van der Waals surface area contributed by atoms with E-state index in [1.165, 1.54) is 0 Å². The van der Waals surface area contributed by atoms with Gasteiger partial charge in [0.2, 0.25) is 0 Å². The SMILES string of the molecule is [C-]#[N+]c1cc2c3cc4ccc(N(c5ccccc5)c5cccc6c5oc5ccccc56)cc4cc3n3c4cc5cc(N(c6ccccc6)c6cccc7c6oc6ccccc67)ccc5cc4c(c1)c23. The zero-order valence-corrected chi connectivity index (χ0v) is 36.9. The molecule has 6 heteroatoms. The van der Waals surface area contributed by atoms with E-state index in [1.807, 2.05) is 24.3 Å². The summed E-state index contributed by atoms with van der Waals surface area (Å²) in [4.78, 5) is 8.60. The molecule has 0 saturated carbocycles. The molecule has 0 bridgehead atoms. The zero-order chi connectivity index (χ0) is 45.3. The zero-order valence-electron chi connectivity index (χ0n) is 36.9. The van der Waals surface area contributed by atoms with Crippen LogP contribution in [0.15, 0.2) is 227 Å². The number of hydrogen-bond acceptors (Lipinski definition) is 4. The molecule has 0 atom stereocenters. The molecule has 15 rings (SSSR count). The van der Waals surface area contributed by atoms with Gasteiger partial charge in [0.15, 0.2) is 16.9 Å². The molecule has 0 radical (unpaired) electrons. The van der Waals surface area contributed by atoms with E-state index in [2.05, 4.69) is 213 Å². The molecule has 0 aliphatic carbocycles. The molecule has 0 saturated heterocycles. The van der Waals surface area contributed by atoms with Gasteiger partial charge in [0.05, 0.1) is 34.5 Å². The number of hydrogen-bond donors (Lipinski definition) is 0. The molecule has 320 valence electrons. The standard InChI is InChI=1S/C63H36N4O2/c1-64-42-36-53-51-32-38-26-28-45(65(43-14-4-2-5-15-43)55-22-12-20-49-47-18-8-10-24-59(47)68-62(49)55)30-40(38)34-57(51)67-58-35-41-31-46(29-27-39(41)33-52(58)54(37-42)61(53)67)66(44-16-6-3-7-17-44)56-23-13-21-50-48-19-9-11-25-60(48)69-63(50)56/h2-37H. The van der Waals surface area contributed by atoms with Crippen LogP contribution in [-0.2, 0) is 0 Å². The van der Waals surface area contributed by atoms with Gasteiger partial charge in [-0.3, -0.25) is 0 Å². The third kappa shape index (κ3) is 5.47. The second-order valence-electron chi connectivity index (χ2n) is 18.0. The highest BCUT2D eigenvalue weighted by Gasteiger charge is 2.24. The van der Waals surface area contributed by atoms with Crippen molar-refractivity contribution in [1.29, 1.82) is 0 Å². The molecule has 0 unspecified atom stereocenters. The highest BCUT2D eigenvalue weighted by Crippen LogP contribution is 2.48. The predicted molar refractivity (Wildman–Crippen MR) is 286 cm³/mol. The lowest BCUT2D eigenvalue weighted by Gasteiger charge is -2.26. The van der Waals surface area contributed by atoms with E-state index in [1.54, 1.807) is 0 Å². The first-order chi connectivity index (χ1) is 34.1. The van der Waals surface area contributed by atoms with Gasteiger partial charge < -0.3 is 23.0 Å². The summed E-state index contributed by atoms with van der Waals surface area (Å²) >= 11 is 0. The maximum Gasteiger partial charge on any atom is 0.188 e. The van der Waals surface area contributed by atoms with Gasteiger partial charge in [0.1, 0.15) is 11.2 Å². The van der Waals surface area contributed by atoms with Gasteiger partial charge in [0, 0.05) is 55.1 Å². The third-order valence-electron chi connectivity index (χ3n) is 14.2. The van der Waals surface area contributed by atoms with Crippen molar-refractivity contribution in [3.63, 3.8) is 0 Å². The van der Waals surface area contributed by atoms with Crippen molar-refractivity contribution in [1.82, 2.24) is 4.40 Å². The van der Waals surface area contributed by atoms with Crippen LogP contribution in [0.1, 0.15) is 0 Å². The van der Waals surface area contributed by atoms with Gasteiger partial charge in [0.25, 0.3) is 0 Å². The number of fused-ring (bicyclic) bond motifs is 14. The molecule has 6 nitrogen and oxygen atoms in total. The fraction of sp³-hybridized carbons (Fsp3) is 0. The predicted octanol–water partition coefficient (Wildman–Crippen LogP) is 18.4. The van der Waals surface area contributed by atoms with Gasteiger partial charge in [-0.1, -0.05) is 109 Å². The van der Waals surface area contributed by atoms with Crippen LogP contribution >= 0.6 is 0 Å². The van der Waals surface area contributed by atoms with E-state index in [4.69, 9.17) is 15.4 Å². The fourth-order valence-electron chi connectivity index (χ4n) is 11.2. The van der Waals surface area contributed by atoms with Crippen molar-refractivity contribution < 1.29 is 8.83 Å². The number of aromatic nitrogens is 1. The van der Waals surface area contributed by atoms with Gasteiger partial charge in [-0.15, -0.1) is 0 Å². The highest BCUT2D eigenvalue weighted by molar-refractivity contribution is 6.27. The molecular formula is C63H36N4O2. The van der Waals surface area contributed by atoms with E-state index >= 15 is 0 Å². The number of rotatable bonds is 6. The van der Waals surface area contributed by atoms with Gasteiger partial charge in [-0.2, -0.15) is 0 Å². The van der Waals surface area contributed by atoms with Crippen molar-refractivity contribution in [3.8, 4) is 0 Å². The van der Waals surface area contributed by atoms with Crippen LogP contribution in [0.3, 0.4) is 0 Å². The number of furan rings is 2. The molecule has 0 fully saturated rings. The second kappa shape index (κ2) is 14.2. The molecule has 4 aromatic heterocycles. The van der Waals surface area contributed by atoms with Crippen molar-refractivity contribution in [3.05, 3.63) is 230 Å². The van der Waals surface area contributed by atoms with E-state index in [0.29, 0.717) is 5.69 Å². The summed E-state index contributed by atoms with van der Waals surface area (Å²) in [5.41, 5.74) is 13.4. The van der Waals surface area contributed by atoms with Crippen LogP contribution in [0.5, 0.6) is 0 Å². The summed E-state index contributed by atoms with van der Waals surface area (Å²) in [5, 5.41) is 13.2. The lowest BCUT2D eigenvalue weighted by molar-refractivity contribution is 0.668. The minimum Gasteiger partial charge on any atom is -0.454 e. The quantitative estimate of drug-likeness (QED) is 0.156. The van der Waals surface area contributed by atoms with E-state index in [0.717, 1.165) is 138 Å². The number of nitrogens with zero attached hydrogens (tertiary/aromatic N) is 4. The summed E-state index contributed by atoms with van der Waals surface area (Å²) in [6.07, 6.45) is 0. The first kappa shape index (κ1) is 37.6. The first-order valence-corrected chi connectivity index (χ1v) is 23.2. The molecule has 0 spiro atoms. The Morgan fingerprint density at radius 3 is 1.28 bits per heavy atom. The molecular weight excluding hydrogens is 845 g/mol. The Labute approximate surface area is 394 Å². The summed E-state index contributed by atoms with van der Waals surface area (Å²) in [5.74, 6) is 0. The lowest BCUT2D eigenvalue weighted by atomic mass is 10.0. The minimum atomic E-state index is 0.631. The maximum absolute atomic E-state index is 8.19. The molecule has 4 heterocycles. The van der Waals surface area contributed by atoms with Crippen LogP contribution in [0.2, 0.25) is 0 Å². The molecule has 11 aromatic carbocycles. The van der Waals surface area contributed by atoms with Crippen LogP contribution < -0.4 is 9.80 Å². The summed E-state index contributed by atoms with van der Waals surface area (Å²) in [6, 6.07) is 77.2. The van der Waals surface area contributed by atoms with Crippen molar-refractivity contribution in [2.24, 2.45) is 0 Å². The number of anilines is 6. The Kier molecular flexibility index (Phi) is 7.75. The van der Waals surface area contributed by atoms with Crippen molar-refractivity contribution in [2.45, 2.75) is 0 Å². The van der Waals surface area contributed by atoms with Crippen LogP contribution in [0.4, 0.5) is 39.8 Å². The van der Waals surface area contributed by atoms with Crippen LogP contribution in [0, 0.1) is 6.57 Å². The first-order valence-electron chi connectivity index (χ1n) is 23.2. The molecule has 15 aromatic rings. The Hall–Kier alpha value is -9.57. The average Bonchev–Trinajstić information content (AvgIpc) is 4.15. The summed E-state index contributed by atoms with van der Waals surface area (Å²) < 4.78 is 15.7. The summed E-state index contributed by atoms with van der Waals surface area (Å²) in [7, 11) is 0. The molecule has 0 amide bonds. The van der Waals surface area contributed by atoms with Crippen LogP contribution in [-0.4, -0.2) is 4.40 Å². The van der Waals surface area contributed by atoms with Crippen LogP contribution in [0.25, 0.3) is 108 Å². The molecule has 0 N–H and O–H groups in total. The van der Waals surface area contributed by atoms with Crippen molar-refractivity contribution in [2.75, 3.05) is 9.80 Å². The molecule has 69 heavy (non-hydrogen) atoms. The third-order valence-corrected chi connectivity index (χ3v) is 14.2. The largest absolute Gasteiger partial charge is 0.454 e.